The van der Waals surface area contributed by atoms with Crippen LogP contribution in [0.25, 0.3) is 0 Å². The van der Waals surface area contributed by atoms with Gasteiger partial charge in [-0.25, -0.2) is 0 Å². The monoisotopic (exact) mass is 627 g/mol. The van der Waals surface area contributed by atoms with Crippen molar-refractivity contribution in [3.05, 3.63) is 82.6 Å². The highest BCUT2D eigenvalue weighted by Gasteiger charge is 2.44. The van der Waals surface area contributed by atoms with Crippen LogP contribution in [-0.2, 0) is 33.0 Å². The first-order valence-electron chi connectivity index (χ1n) is 14.5. The van der Waals surface area contributed by atoms with E-state index in [-0.39, 0.29) is 9.79 Å². The lowest BCUT2D eigenvalue weighted by atomic mass is 9.81. The van der Waals surface area contributed by atoms with Crippen molar-refractivity contribution in [1.29, 1.82) is 0 Å². The first-order chi connectivity index (χ1) is 19.8. The summed E-state index contributed by atoms with van der Waals surface area (Å²) in [6.45, 7) is 14.4. The molecule has 2 aliphatic heterocycles. The first-order valence-corrected chi connectivity index (χ1v) is 17.0. The van der Waals surface area contributed by atoms with E-state index in [0.29, 0.717) is 5.03 Å². The third-order valence-electron chi connectivity index (χ3n) is 8.38. The highest BCUT2D eigenvalue weighted by atomic mass is 35.5. The maximum absolute atomic E-state index is 11.7. The molecule has 0 N–H and O–H groups in total. The molecule has 2 aliphatic rings. The summed E-state index contributed by atoms with van der Waals surface area (Å²) >= 11 is 2.21. The lowest BCUT2D eigenvalue weighted by Crippen LogP contribution is -2.28. The van der Waals surface area contributed by atoms with E-state index in [2.05, 4.69) is 51.0 Å². The van der Waals surface area contributed by atoms with Crippen molar-refractivity contribution in [1.82, 2.24) is 0 Å². The average molecular weight is 628 g/mol. The van der Waals surface area contributed by atoms with E-state index in [1.165, 1.54) is 0 Å². The van der Waals surface area contributed by atoms with Crippen molar-refractivity contribution >= 4 is 50.8 Å². The van der Waals surface area contributed by atoms with Crippen LogP contribution in [0, 0.1) is 0 Å². The minimum atomic E-state index is -2.29. The summed E-state index contributed by atoms with van der Waals surface area (Å²) in [5.41, 5.74) is 5.34. The lowest BCUT2D eigenvalue weighted by molar-refractivity contribution is -0.438. The van der Waals surface area contributed by atoms with Crippen molar-refractivity contribution in [3.8, 4) is 0 Å². The second kappa shape index (κ2) is 13.1. The molecule has 4 rings (SSSR count). The molecule has 9 heteroatoms. The molecule has 0 bridgehead atoms. The number of allylic oxidation sites excluding steroid dienone is 6. The van der Waals surface area contributed by atoms with Gasteiger partial charge in [0.1, 0.15) is 6.54 Å². The fraction of sp³-hybridized carbons (Fsp3) is 0.424. The zero-order valence-corrected chi connectivity index (χ0v) is 27.6. The van der Waals surface area contributed by atoms with Gasteiger partial charge in [0.2, 0.25) is 5.69 Å². The van der Waals surface area contributed by atoms with Crippen molar-refractivity contribution in [2.45, 2.75) is 87.8 Å². The fourth-order valence-corrected chi connectivity index (χ4v) is 6.92. The van der Waals surface area contributed by atoms with E-state index < -0.39 is 33.0 Å². The zero-order valence-electron chi connectivity index (χ0n) is 25.2. The van der Waals surface area contributed by atoms with Crippen LogP contribution in [0.4, 0.5) is 11.4 Å². The molecular weight excluding hydrogens is 588 g/mol. The second-order valence-electron chi connectivity index (χ2n) is 11.9. The molecule has 0 aliphatic carbocycles. The van der Waals surface area contributed by atoms with Crippen LogP contribution in [0.2, 0.25) is 0 Å². The molecule has 0 saturated heterocycles. The number of hydrogen-bond acceptors (Lipinski definition) is 5. The third kappa shape index (κ3) is 6.29. The first kappa shape index (κ1) is 32.6. The Bertz CT molecular complexity index is 1540. The molecule has 0 fully saturated rings. The highest BCUT2D eigenvalue weighted by molar-refractivity contribution is 7.79. The maximum atomic E-state index is 11.7. The Hall–Kier alpha value is -2.36. The van der Waals surface area contributed by atoms with Crippen LogP contribution in [0.3, 0.4) is 0 Å². The van der Waals surface area contributed by atoms with Gasteiger partial charge < -0.3 is 14.0 Å². The van der Waals surface area contributed by atoms with Gasteiger partial charge in [-0.05, 0) is 96.6 Å². The number of nitrogens with zero attached hydrogens (tertiary/aromatic N) is 2. The van der Waals surface area contributed by atoms with Crippen LogP contribution in [0.5, 0.6) is 0 Å². The molecule has 2 atom stereocenters. The molecule has 0 spiro atoms. The van der Waals surface area contributed by atoms with E-state index in [1.807, 2.05) is 36.4 Å². The van der Waals surface area contributed by atoms with Gasteiger partial charge in [0.15, 0.2) is 5.71 Å². The number of halogens is 1. The predicted octanol–water partition coefficient (Wildman–Crippen LogP) is 7.50. The second-order valence-corrected chi connectivity index (χ2v) is 14.2. The number of unbranched alkanes of at least 4 members (excludes halogenated alkanes) is 2. The van der Waals surface area contributed by atoms with E-state index in [0.717, 1.165) is 72.7 Å². The smallest absolute Gasteiger partial charge is 0.209 e. The average Bonchev–Trinajstić information content (AvgIpc) is 3.29. The summed E-state index contributed by atoms with van der Waals surface area (Å²) in [6.07, 6.45) is 12.0. The quantitative estimate of drug-likeness (QED) is 0.146. The Kier molecular flexibility index (Phi) is 10.2. The topological polar surface area (TPSA) is 86.5 Å². The molecule has 2 heterocycles. The van der Waals surface area contributed by atoms with Crippen LogP contribution in [0.15, 0.2) is 81.2 Å². The predicted molar refractivity (Wildman–Crippen MR) is 171 cm³/mol. The minimum Gasteiger partial charge on any atom is -0.768 e. The Labute approximate surface area is 260 Å². The number of benzene rings is 2. The van der Waals surface area contributed by atoms with Gasteiger partial charge in [0.25, 0.3) is 0 Å². The van der Waals surface area contributed by atoms with Crippen LogP contribution >= 0.6 is 11.6 Å². The zero-order chi connectivity index (χ0) is 30.8. The van der Waals surface area contributed by atoms with Gasteiger partial charge in [-0.2, -0.15) is 4.58 Å². The Morgan fingerprint density at radius 2 is 1.55 bits per heavy atom. The number of rotatable bonds is 11. The molecule has 0 amide bonds. The minimum absolute atomic E-state index is 0.286. The van der Waals surface area contributed by atoms with E-state index in [4.69, 9.17) is 11.6 Å². The Morgan fingerprint density at radius 1 is 0.929 bits per heavy atom. The van der Waals surface area contributed by atoms with Crippen LogP contribution in [0.1, 0.15) is 78.4 Å². The number of anilines is 1. The van der Waals surface area contributed by atoms with Crippen molar-refractivity contribution in [2.75, 3.05) is 18.0 Å². The molecule has 2 unspecified atom stereocenters. The SMILES string of the molecule is CCCCN1/C(=C/C=C(Cl)/C=C/C2=[N+](CCCC)c3ccc(S(=O)[O-])cc3C2(C)C)C(C)(C)c2cc(S(=O)[O-])ccc21. The molecular formula is C33H40ClN2O4S2-. The Balaban J connectivity index is 1.71. The highest BCUT2D eigenvalue weighted by Crippen LogP contribution is 2.48. The molecule has 226 valence electrons. The van der Waals surface area contributed by atoms with Gasteiger partial charge in [-0.1, -0.05) is 52.1 Å². The van der Waals surface area contributed by atoms with Gasteiger partial charge in [-0.3, -0.25) is 8.42 Å². The lowest BCUT2D eigenvalue weighted by Gasteiger charge is -2.27. The summed E-state index contributed by atoms with van der Waals surface area (Å²) in [5.74, 6) is 0. The summed E-state index contributed by atoms with van der Waals surface area (Å²) in [6, 6.07) is 10.7. The molecule has 0 saturated carbocycles. The molecule has 6 nitrogen and oxygen atoms in total. The number of fused-ring (bicyclic) bond motifs is 2. The molecule has 2 aromatic rings. The third-order valence-corrected chi connectivity index (χ3v) is 9.91. The Morgan fingerprint density at radius 3 is 2.17 bits per heavy atom. The van der Waals surface area contributed by atoms with Crippen LogP contribution in [-0.4, -0.2) is 40.9 Å². The number of hydrogen-bond donors (Lipinski definition) is 0. The van der Waals surface area contributed by atoms with Gasteiger partial charge in [0.05, 0.1) is 5.41 Å². The van der Waals surface area contributed by atoms with E-state index in [1.54, 1.807) is 24.3 Å². The standard InChI is InChI=1S/C33H41ClN2O4S2/c1-7-9-19-35-28-15-13-24(41(37)38)21-26(28)32(3,4)30(35)17-11-23(34)12-18-31-33(5,6)27-22-25(42(39)40)14-16-29(27)36(31)20-10-8-2/h11-18,21-22H,7-10,19-20H2,1-6H3,(H-,37,38,39,40)/p-1. The van der Waals surface area contributed by atoms with Crippen molar-refractivity contribution in [2.24, 2.45) is 0 Å². The van der Waals surface area contributed by atoms with Gasteiger partial charge in [0, 0.05) is 62.3 Å². The van der Waals surface area contributed by atoms with E-state index >= 15 is 0 Å². The molecule has 2 aromatic carbocycles. The van der Waals surface area contributed by atoms with E-state index in [9.17, 15) is 17.5 Å². The summed E-state index contributed by atoms with van der Waals surface area (Å²) in [4.78, 5) is 2.85. The van der Waals surface area contributed by atoms with Gasteiger partial charge in [-0.15, -0.1) is 0 Å². The largest absolute Gasteiger partial charge is 0.768 e. The summed E-state index contributed by atoms with van der Waals surface area (Å²) in [7, 11) is 0. The summed E-state index contributed by atoms with van der Waals surface area (Å²) in [5, 5.41) is 0.557. The fourth-order valence-electron chi connectivity index (χ4n) is 6.00. The molecule has 0 aromatic heterocycles. The normalized spacial score (nSPS) is 20.0. The summed E-state index contributed by atoms with van der Waals surface area (Å²) < 4.78 is 49.0. The van der Waals surface area contributed by atoms with Crippen molar-refractivity contribution < 1.29 is 22.1 Å². The van der Waals surface area contributed by atoms with Gasteiger partial charge >= 0.3 is 0 Å². The molecule has 42 heavy (non-hydrogen) atoms. The van der Waals surface area contributed by atoms with Crippen molar-refractivity contribution in [3.63, 3.8) is 0 Å². The maximum Gasteiger partial charge on any atom is 0.209 e. The van der Waals surface area contributed by atoms with Crippen LogP contribution < -0.4 is 4.90 Å². The molecule has 0 radical (unpaired) electrons.